The molecule has 3 rings (SSSR count). The Bertz CT molecular complexity index is 719. The van der Waals surface area contributed by atoms with Gasteiger partial charge in [0.25, 0.3) is 5.56 Å². The van der Waals surface area contributed by atoms with E-state index in [4.69, 9.17) is 0 Å². The highest BCUT2D eigenvalue weighted by molar-refractivity contribution is 5.69. The van der Waals surface area contributed by atoms with Gasteiger partial charge in [-0.15, -0.1) is 0 Å². The molecule has 1 fully saturated rings. The minimum Gasteiger partial charge on any atom is -0.336 e. The van der Waals surface area contributed by atoms with Gasteiger partial charge in [-0.3, -0.25) is 14.3 Å². The molecular weight excluding hydrogens is 256 g/mol. The van der Waals surface area contributed by atoms with Crippen LogP contribution in [0.2, 0.25) is 0 Å². The Morgan fingerprint density at radius 2 is 1.95 bits per heavy atom. The summed E-state index contributed by atoms with van der Waals surface area (Å²) in [6.07, 6.45) is 8.58. The Balaban J connectivity index is 1.82. The molecule has 0 bridgehead atoms. The lowest BCUT2D eigenvalue weighted by Gasteiger charge is -2.20. The Hall–Kier alpha value is -1.85. The number of nitrogens with zero attached hydrogens (tertiary/aromatic N) is 2. The fraction of sp³-hybridized carbons (Fsp3) is 0.643. The summed E-state index contributed by atoms with van der Waals surface area (Å²) in [4.78, 5) is 33.0. The van der Waals surface area contributed by atoms with Gasteiger partial charge in [-0.1, -0.05) is 32.1 Å². The molecule has 108 valence electrons. The van der Waals surface area contributed by atoms with Gasteiger partial charge >= 0.3 is 5.69 Å². The summed E-state index contributed by atoms with van der Waals surface area (Å²) in [7, 11) is 1.62. The van der Waals surface area contributed by atoms with Crippen LogP contribution in [0.1, 0.15) is 44.3 Å². The molecule has 1 aliphatic carbocycles. The molecule has 0 aliphatic heterocycles. The van der Waals surface area contributed by atoms with Crippen LogP contribution in [-0.4, -0.2) is 19.5 Å². The van der Waals surface area contributed by atoms with Crippen LogP contribution in [0.15, 0.2) is 9.59 Å². The third-order valence-corrected chi connectivity index (χ3v) is 4.32. The van der Waals surface area contributed by atoms with Crippen LogP contribution in [0, 0.1) is 5.92 Å². The van der Waals surface area contributed by atoms with E-state index in [1.807, 2.05) is 0 Å². The van der Waals surface area contributed by atoms with Gasteiger partial charge in [0.05, 0.1) is 0 Å². The van der Waals surface area contributed by atoms with Crippen molar-refractivity contribution in [2.45, 2.75) is 44.9 Å². The summed E-state index contributed by atoms with van der Waals surface area (Å²) in [6.45, 7) is 0. The van der Waals surface area contributed by atoms with Crippen molar-refractivity contribution >= 4 is 11.2 Å². The molecule has 6 nitrogen and oxygen atoms in total. The number of hydrogen-bond acceptors (Lipinski definition) is 3. The number of aromatic amines is 2. The molecule has 1 saturated carbocycles. The van der Waals surface area contributed by atoms with Crippen molar-refractivity contribution in [3.8, 4) is 0 Å². The van der Waals surface area contributed by atoms with E-state index in [9.17, 15) is 9.59 Å². The molecule has 0 amide bonds. The van der Waals surface area contributed by atoms with Crippen LogP contribution < -0.4 is 11.2 Å². The molecule has 0 atom stereocenters. The SMILES string of the molecule is Cn1c(=O)[nH]c(=O)c2[nH]c(CCC3CCCCC3)nc21. The predicted molar refractivity (Wildman–Crippen MR) is 76.9 cm³/mol. The van der Waals surface area contributed by atoms with Crippen molar-refractivity contribution in [1.82, 2.24) is 19.5 Å². The van der Waals surface area contributed by atoms with Crippen molar-refractivity contribution in [2.24, 2.45) is 13.0 Å². The Kier molecular flexibility index (Phi) is 3.46. The van der Waals surface area contributed by atoms with E-state index in [0.29, 0.717) is 11.2 Å². The molecule has 2 N–H and O–H groups in total. The normalized spacial score (nSPS) is 16.9. The van der Waals surface area contributed by atoms with Gasteiger partial charge in [-0.25, -0.2) is 9.78 Å². The molecule has 2 aromatic heterocycles. The lowest BCUT2D eigenvalue weighted by Crippen LogP contribution is -2.28. The van der Waals surface area contributed by atoms with E-state index < -0.39 is 5.69 Å². The maximum absolute atomic E-state index is 11.7. The largest absolute Gasteiger partial charge is 0.336 e. The summed E-state index contributed by atoms with van der Waals surface area (Å²) < 4.78 is 1.37. The van der Waals surface area contributed by atoms with Gasteiger partial charge in [0.15, 0.2) is 5.65 Å². The first-order valence-corrected chi connectivity index (χ1v) is 7.33. The third kappa shape index (κ3) is 2.42. The second-order valence-electron chi connectivity index (χ2n) is 5.74. The lowest BCUT2D eigenvalue weighted by atomic mass is 9.86. The van der Waals surface area contributed by atoms with E-state index in [2.05, 4.69) is 15.0 Å². The monoisotopic (exact) mass is 276 g/mol. The first-order valence-electron chi connectivity index (χ1n) is 7.33. The average Bonchev–Trinajstić information content (AvgIpc) is 2.89. The molecule has 1 aliphatic rings. The first kappa shape index (κ1) is 13.1. The van der Waals surface area contributed by atoms with Crippen molar-refractivity contribution < 1.29 is 0 Å². The summed E-state index contributed by atoms with van der Waals surface area (Å²) >= 11 is 0. The van der Waals surface area contributed by atoms with Crippen LogP contribution in [-0.2, 0) is 13.5 Å². The van der Waals surface area contributed by atoms with Gasteiger partial charge in [-0.05, 0) is 12.3 Å². The zero-order valence-corrected chi connectivity index (χ0v) is 11.7. The standard InChI is InChI=1S/C14H20N4O2/c1-18-12-11(13(19)17-14(18)20)15-10(16-12)8-7-9-5-3-2-4-6-9/h9H,2-8H2,1H3,(H,15,16)(H,17,19,20). The highest BCUT2D eigenvalue weighted by atomic mass is 16.2. The van der Waals surface area contributed by atoms with E-state index in [-0.39, 0.29) is 5.56 Å². The van der Waals surface area contributed by atoms with Crippen LogP contribution in [0.3, 0.4) is 0 Å². The fourth-order valence-corrected chi connectivity index (χ4v) is 3.09. The van der Waals surface area contributed by atoms with E-state index >= 15 is 0 Å². The molecule has 2 aromatic rings. The second kappa shape index (κ2) is 5.26. The summed E-state index contributed by atoms with van der Waals surface area (Å²) in [5.74, 6) is 1.58. The Morgan fingerprint density at radius 3 is 2.70 bits per heavy atom. The average molecular weight is 276 g/mol. The maximum atomic E-state index is 11.7. The number of fused-ring (bicyclic) bond motifs is 1. The minimum atomic E-state index is -0.423. The molecule has 2 heterocycles. The Morgan fingerprint density at radius 1 is 1.20 bits per heavy atom. The minimum absolute atomic E-state index is 0.389. The first-order chi connectivity index (χ1) is 9.65. The number of aromatic nitrogens is 4. The van der Waals surface area contributed by atoms with Gasteiger partial charge in [-0.2, -0.15) is 0 Å². The van der Waals surface area contributed by atoms with Gasteiger partial charge < -0.3 is 4.98 Å². The number of imidazole rings is 1. The van der Waals surface area contributed by atoms with Crippen LogP contribution in [0.4, 0.5) is 0 Å². The van der Waals surface area contributed by atoms with Crippen molar-refractivity contribution in [1.29, 1.82) is 0 Å². The highest BCUT2D eigenvalue weighted by Gasteiger charge is 2.15. The van der Waals surface area contributed by atoms with Crippen LogP contribution in [0.5, 0.6) is 0 Å². The molecule has 0 unspecified atom stereocenters. The summed E-state index contributed by atoms with van der Waals surface area (Å²) in [5.41, 5.74) is 0.0236. The smallest absolute Gasteiger partial charge is 0.329 e. The Labute approximate surface area is 116 Å². The zero-order chi connectivity index (χ0) is 14.1. The predicted octanol–water partition coefficient (Wildman–Crippen LogP) is 1.46. The van der Waals surface area contributed by atoms with Crippen molar-refractivity contribution in [3.63, 3.8) is 0 Å². The molecule has 20 heavy (non-hydrogen) atoms. The summed E-state index contributed by atoms with van der Waals surface area (Å²) in [5, 5.41) is 0. The fourth-order valence-electron chi connectivity index (χ4n) is 3.09. The lowest BCUT2D eigenvalue weighted by molar-refractivity contribution is 0.337. The van der Waals surface area contributed by atoms with Crippen molar-refractivity contribution in [2.75, 3.05) is 0 Å². The number of nitrogens with one attached hydrogen (secondary N) is 2. The molecule has 0 spiro atoms. The number of H-pyrrole nitrogens is 2. The zero-order valence-electron chi connectivity index (χ0n) is 11.7. The third-order valence-electron chi connectivity index (χ3n) is 4.32. The van der Waals surface area contributed by atoms with E-state index in [1.54, 1.807) is 7.05 Å². The molecule has 0 saturated heterocycles. The topological polar surface area (TPSA) is 83.5 Å². The quantitative estimate of drug-likeness (QED) is 0.890. The van der Waals surface area contributed by atoms with Crippen molar-refractivity contribution in [3.05, 3.63) is 26.7 Å². The molecule has 6 heteroatoms. The molecule has 0 aromatic carbocycles. The summed E-state index contributed by atoms with van der Waals surface area (Å²) in [6, 6.07) is 0. The van der Waals surface area contributed by atoms with Gasteiger partial charge in [0.2, 0.25) is 0 Å². The van der Waals surface area contributed by atoms with E-state index in [0.717, 1.165) is 24.6 Å². The molecule has 0 radical (unpaired) electrons. The van der Waals surface area contributed by atoms with Gasteiger partial charge in [0.1, 0.15) is 11.3 Å². The highest BCUT2D eigenvalue weighted by Crippen LogP contribution is 2.27. The van der Waals surface area contributed by atoms with Crippen LogP contribution >= 0.6 is 0 Å². The van der Waals surface area contributed by atoms with Crippen LogP contribution in [0.25, 0.3) is 11.2 Å². The number of hydrogen-bond donors (Lipinski definition) is 2. The second-order valence-corrected chi connectivity index (χ2v) is 5.74. The number of rotatable bonds is 3. The molecular formula is C14H20N4O2. The number of aryl methyl sites for hydroxylation is 2. The maximum Gasteiger partial charge on any atom is 0.329 e. The van der Waals surface area contributed by atoms with Gasteiger partial charge in [0, 0.05) is 13.5 Å². The van der Waals surface area contributed by atoms with E-state index in [1.165, 1.54) is 36.7 Å².